The summed E-state index contributed by atoms with van der Waals surface area (Å²) in [4.78, 5) is 15.5. The minimum absolute atomic E-state index is 0.254. The number of nitrogens with one attached hydrogen (secondary N) is 1. The van der Waals surface area contributed by atoms with E-state index in [2.05, 4.69) is 10.3 Å². The molecule has 0 bridgehead atoms. The second-order valence-corrected chi connectivity index (χ2v) is 3.54. The highest BCUT2D eigenvalue weighted by Gasteiger charge is 2.16. The lowest BCUT2D eigenvalue weighted by Crippen LogP contribution is -2.36. The van der Waals surface area contributed by atoms with E-state index in [-0.39, 0.29) is 12.0 Å². The molecule has 1 unspecified atom stereocenters. The smallest absolute Gasteiger partial charge is 0.322 e. The maximum atomic E-state index is 11.4. The number of nitrogens with zero attached hydrogens (tertiary/aromatic N) is 1. The maximum absolute atomic E-state index is 11.4. The highest BCUT2D eigenvalue weighted by Crippen LogP contribution is 2.13. The molecule has 1 aromatic rings. The van der Waals surface area contributed by atoms with Gasteiger partial charge in [-0.15, -0.1) is 0 Å². The van der Waals surface area contributed by atoms with Gasteiger partial charge in [0.2, 0.25) is 5.88 Å². The quantitative estimate of drug-likeness (QED) is 0.753. The van der Waals surface area contributed by atoms with E-state index in [0.717, 1.165) is 5.56 Å². The van der Waals surface area contributed by atoms with Gasteiger partial charge in [-0.1, -0.05) is 13.0 Å². The lowest BCUT2D eigenvalue weighted by atomic mass is 10.2. The van der Waals surface area contributed by atoms with Crippen molar-refractivity contribution in [1.82, 2.24) is 10.3 Å². The summed E-state index contributed by atoms with van der Waals surface area (Å²) in [6, 6.07) is 3.44. The summed E-state index contributed by atoms with van der Waals surface area (Å²) in [5, 5.41) is 3.12. The van der Waals surface area contributed by atoms with Gasteiger partial charge < -0.3 is 14.8 Å². The number of methoxy groups -OCH3 is 2. The molecule has 0 radical (unpaired) electrons. The molecule has 5 nitrogen and oxygen atoms in total. The molecule has 5 heteroatoms. The Labute approximate surface area is 101 Å². The summed E-state index contributed by atoms with van der Waals surface area (Å²) in [7, 11) is 2.96. The second-order valence-electron chi connectivity index (χ2n) is 3.54. The summed E-state index contributed by atoms with van der Waals surface area (Å²) in [6.07, 6.45) is 2.34. The third-order valence-electron chi connectivity index (χ3n) is 2.48. The van der Waals surface area contributed by atoms with Crippen molar-refractivity contribution in [2.24, 2.45) is 0 Å². The average molecular weight is 238 g/mol. The Kier molecular flexibility index (Phi) is 5.42. The zero-order chi connectivity index (χ0) is 12.7. The standard InChI is InChI=1S/C12H18N2O3/c1-4-10(12(15)17-3)14-8-9-6-5-7-13-11(9)16-2/h5-7,10,14H,4,8H2,1-3H3. The molecular formula is C12H18N2O3. The van der Waals surface area contributed by atoms with E-state index in [1.807, 2.05) is 19.1 Å². The van der Waals surface area contributed by atoms with Crippen LogP contribution >= 0.6 is 0 Å². The van der Waals surface area contributed by atoms with Crippen LogP contribution in [-0.2, 0) is 16.1 Å². The lowest BCUT2D eigenvalue weighted by molar-refractivity contribution is -0.143. The lowest BCUT2D eigenvalue weighted by Gasteiger charge is -2.15. The van der Waals surface area contributed by atoms with Gasteiger partial charge >= 0.3 is 5.97 Å². The van der Waals surface area contributed by atoms with E-state index in [9.17, 15) is 4.79 Å². The van der Waals surface area contributed by atoms with Crippen molar-refractivity contribution in [2.75, 3.05) is 14.2 Å². The number of esters is 1. The molecule has 1 N–H and O–H groups in total. The first-order valence-electron chi connectivity index (χ1n) is 5.52. The molecular weight excluding hydrogens is 220 g/mol. The number of carbonyl (C=O) groups excluding carboxylic acids is 1. The highest BCUT2D eigenvalue weighted by atomic mass is 16.5. The second kappa shape index (κ2) is 6.85. The third kappa shape index (κ3) is 3.71. The van der Waals surface area contributed by atoms with Crippen molar-refractivity contribution in [3.05, 3.63) is 23.9 Å². The number of ether oxygens (including phenoxy) is 2. The largest absolute Gasteiger partial charge is 0.481 e. The topological polar surface area (TPSA) is 60.5 Å². The average Bonchev–Trinajstić information content (AvgIpc) is 2.39. The van der Waals surface area contributed by atoms with Crippen molar-refractivity contribution in [3.8, 4) is 5.88 Å². The number of rotatable bonds is 6. The fraction of sp³-hybridized carbons (Fsp3) is 0.500. The normalized spacial score (nSPS) is 11.9. The molecule has 0 aliphatic rings. The van der Waals surface area contributed by atoms with Crippen LogP contribution in [0.2, 0.25) is 0 Å². The van der Waals surface area contributed by atoms with Crippen molar-refractivity contribution >= 4 is 5.97 Å². The molecule has 0 aromatic carbocycles. The zero-order valence-electron chi connectivity index (χ0n) is 10.4. The predicted molar refractivity (Wildman–Crippen MR) is 63.7 cm³/mol. The predicted octanol–water partition coefficient (Wildman–Crippen LogP) is 1.13. The Bertz CT molecular complexity index is 369. The van der Waals surface area contributed by atoms with Crippen LogP contribution in [-0.4, -0.2) is 31.2 Å². The van der Waals surface area contributed by atoms with E-state index in [0.29, 0.717) is 18.8 Å². The van der Waals surface area contributed by atoms with Gasteiger partial charge in [0, 0.05) is 18.3 Å². The highest BCUT2D eigenvalue weighted by molar-refractivity contribution is 5.75. The number of carbonyl (C=O) groups is 1. The van der Waals surface area contributed by atoms with Gasteiger partial charge in [-0.3, -0.25) is 4.79 Å². The fourth-order valence-electron chi connectivity index (χ4n) is 1.51. The molecule has 1 rings (SSSR count). The first kappa shape index (κ1) is 13.4. The van der Waals surface area contributed by atoms with Gasteiger partial charge in [0.1, 0.15) is 6.04 Å². The number of pyridine rings is 1. The van der Waals surface area contributed by atoms with Crippen molar-refractivity contribution in [2.45, 2.75) is 25.9 Å². The third-order valence-corrected chi connectivity index (χ3v) is 2.48. The van der Waals surface area contributed by atoms with Gasteiger partial charge in [0.25, 0.3) is 0 Å². The number of hydrogen-bond acceptors (Lipinski definition) is 5. The minimum Gasteiger partial charge on any atom is -0.481 e. The summed E-state index contributed by atoms with van der Waals surface area (Å²) in [5.41, 5.74) is 0.914. The summed E-state index contributed by atoms with van der Waals surface area (Å²) in [6.45, 7) is 2.44. The summed E-state index contributed by atoms with van der Waals surface area (Å²) in [5.74, 6) is 0.315. The van der Waals surface area contributed by atoms with Crippen LogP contribution in [0.1, 0.15) is 18.9 Å². The molecule has 1 atom stereocenters. The van der Waals surface area contributed by atoms with Crippen LogP contribution in [0.25, 0.3) is 0 Å². The molecule has 0 saturated heterocycles. The zero-order valence-corrected chi connectivity index (χ0v) is 10.4. The Morgan fingerprint density at radius 2 is 2.29 bits per heavy atom. The van der Waals surface area contributed by atoms with Crippen molar-refractivity contribution in [3.63, 3.8) is 0 Å². The molecule has 0 aliphatic heterocycles. The Morgan fingerprint density at radius 1 is 1.53 bits per heavy atom. The maximum Gasteiger partial charge on any atom is 0.322 e. The number of hydrogen-bond donors (Lipinski definition) is 1. The van der Waals surface area contributed by atoms with Crippen LogP contribution < -0.4 is 10.1 Å². The SMILES string of the molecule is CCC(NCc1cccnc1OC)C(=O)OC. The fourth-order valence-corrected chi connectivity index (χ4v) is 1.51. The van der Waals surface area contributed by atoms with E-state index < -0.39 is 0 Å². The Hall–Kier alpha value is -1.62. The van der Waals surface area contributed by atoms with Crippen molar-refractivity contribution in [1.29, 1.82) is 0 Å². The van der Waals surface area contributed by atoms with E-state index in [1.165, 1.54) is 7.11 Å². The Balaban J connectivity index is 2.62. The summed E-state index contributed by atoms with van der Waals surface area (Å²) < 4.78 is 9.83. The molecule has 0 amide bonds. The van der Waals surface area contributed by atoms with Gasteiger partial charge in [-0.2, -0.15) is 0 Å². The minimum atomic E-state index is -0.301. The van der Waals surface area contributed by atoms with Gasteiger partial charge in [0.15, 0.2) is 0 Å². The first-order chi connectivity index (χ1) is 8.22. The van der Waals surface area contributed by atoms with Crippen LogP contribution in [0.15, 0.2) is 18.3 Å². The van der Waals surface area contributed by atoms with Gasteiger partial charge in [-0.05, 0) is 12.5 Å². The van der Waals surface area contributed by atoms with Gasteiger partial charge in [0.05, 0.1) is 14.2 Å². The summed E-state index contributed by atoms with van der Waals surface area (Å²) >= 11 is 0. The van der Waals surface area contributed by atoms with Gasteiger partial charge in [-0.25, -0.2) is 4.98 Å². The molecule has 0 aliphatic carbocycles. The molecule has 1 heterocycles. The molecule has 94 valence electrons. The molecule has 0 saturated carbocycles. The molecule has 17 heavy (non-hydrogen) atoms. The molecule has 1 aromatic heterocycles. The Morgan fingerprint density at radius 3 is 2.88 bits per heavy atom. The van der Waals surface area contributed by atoms with E-state index in [1.54, 1.807) is 13.3 Å². The molecule has 0 spiro atoms. The first-order valence-corrected chi connectivity index (χ1v) is 5.52. The molecule has 0 fully saturated rings. The van der Waals surface area contributed by atoms with Crippen LogP contribution in [0.5, 0.6) is 5.88 Å². The number of aromatic nitrogens is 1. The van der Waals surface area contributed by atoms with Crippen molar-refractivity contribution < 1.29 is 14.3 Å². The van der Waals surface area contributed by atoms with Crippen LogP contribution in [0.4, 0.5) is 0 Å². The van der Waals surface area contributed by atoms with E-state index >= 15 is 0 Å². The monoisotopic (exact) mass is 238 g/mol. The van der Waals surface area contributed by atoms with Crippen LogP contribution in [0, 0.1) is 0 Å². The van der Waals surface area contributed by atoms with E-state index in [4.69, 9.17) is 9.47 Å². The van der Waals surface area contributed by atoms with Crippen LogP contribution in [0.3, 0.4) is 0 Å².